The lowest BCUT2D eigenvalue weighted by Gasteiger charge is -2.12. The molecule has 0 amide bonds. The fourth-order valence-corrected chi connectivity index (χ4v) is 4.06. The van der Waals surface area contributed by atoms with Gasteiger partial charge in [-0.15, -0.1) is 21.5 Å². The summed E-state index contributed by atoms with van der Waals surface area (Å²) in [5.41, 5.74) is 2.93. The summed E-state index contributed by atoms with van der Waals surface area (Å²) in [6, 6.07) is 8.11. The third kappa shape index (κ3) is 3.39. The van der Waals surface area contributed by atoms with Crippen LogP contribution in [0.15, 0.2) is 60.5 Å². The molecule has 5 aromatic rings. The fourth-order valence-electron chi connectivity index (χ4n) is 3.17. The molecule has 0 bridgehead atoms. The molecule has 30 heavy (non-hydrogen) atoms. The van der Waals surface area contributed by atoms with Crippen LogP contribution in [-0.2, 0) is 13.7 Å². The van der Waals surface area contributed by atoms with Crippen molar-refractivity contribution in [3.63, 3.8) is 0 Å². The first kappa shape index (κ1) is 18.3. The summed E-state index contributed by atoms with van der Waals surface area (Å²) >= 11 is 1.55. The molecule has 1 aromatic carbocycles. The largest absolute Gasteiger partial charge is 0.485 e. The van der Waals surface area contributed by atoms with Gasteiger partial charge in [0.2, 0.25) is 0 Å². The second-order valence-corrected chi connectivity index (χ2v) is 7.47. The van der Waals surface area contributed by atoms with E-state index in [1.165, 1.54) is 12.1 Å². The van der Waals surface area contributed by atoms with Crippen molar-refractivity contribution in [2.75, 3.05) is 0 Å². The Kier molecular flexibility index (Phi) is 4.64. The molecule has 0 aliphatic heterocycles. The number of thiophene rings is 1. The van der Waals surface area contributed by atoms with Crippen molar-refractivity contribution in [3.8, 4) is 28.3 Å². The maximum absolute atomic E-state index is 14.0. The number of aromatic nitrogens is 6. The lowest BCUT2D eigenvalue weighted by atomic mass is 10.1. The standard InChI is InChI=1S/C21H15FN6OS/c1-28-11-13(10-25-28)19-16-5-8-30-21(16)20(27-26-19)15-4-3-14(22)9-17(15)29-12-18-23-6-2-7-24-18/h2-11H,12H2,1H3. The van der Waals surface area contributed by atoms with Gasteiger partial charge in [0.15, 0.2) is 5.82 Å². The molecule has 0 fully saturated rings. The lowest BCUT2D eigenvalue weighted by molar-refractivity contribution is 0.295. The molecule has 0 saturated carbocycles. The summed E-state index contributed by atoms with van der Waals surface area (Å²) < 4.78 is 22.5. The second kappa shape index (κ2) is 7.60. The third-order valence-corrected chi connectivity index (χ3v) is 5.46. The predicted molar refractivity (Wildman–Crippen MR) is 111 cm³/mol. The van der Waals surface area contributed by atoms with Gasteiger partial charge in [-0.25, -0.2) is 14.4 Å². The second-order valence-electron chi connectivity index (χ2n) is 6.56. The quantitative estimate of drug-likeness (QED) is 0.424. The van der Waals surface area contributed by atoms with Gasteiger partial charge in [0.25, 0.3) is 0 Å². The van der Waals surface area contributed by atoms with Crippen molar-refractivity contribution in [2.45, 2.75) is 6.61 Å². The van der Waals surface area contributed by atoms with E-state index in [4.69, 9.17) is 4.74 Å². The zero-order chi connectivity index (χ0) is 20.5. The van der Waals surface area contributed by atoms with Crippen molar-refractivity contribution in [2.24, 2.45) is 7.05 Å². The van der Waals surface area contributed by atoms with Gasteiger partial charge >= 0.3 is 0 Å². The Hall–Kier alpha value is -3.72. The van der Waals surface area contributed by atoms with Crippen molar-refractivity contribution < 1.29 is 9.13 Å². The molecule has 0 aliphatic carbocycles. The molecule has 4 heterocycles. The molecule has 148 valence electrons. The first-order valence-electron chi connectivity index (χ1n) is 9.10. The van der Waals surface area contributed by atoms with Gasteiger partial charge < -0.3 is 4.74 Å². The van der Waals surface area contributed by atoms with Crippen LogP contribution in [-0.4, -0.2) is 29.9 Å². The molecule has 0 atom stereocenters. The molecular weight excluding hydrogens is 403 g/mol. The van der Waals surface area contributed by atoms with E-state index in [0.717, 1.165) is 21.3 Å². The van der Waals surface area contributed by atoms with Crippen molar-refractivity contribution in [3.05, 3.63) is 72.1 Å². The minimum absolute atomic E-state index is 0.117. The maximum atomic E-state index is 14.0. The van der Waals surface area contributed by atoms with Crippen LogP contribution in [0.2, 0.25) is 0 Å². The minimum atomic E-state index is -0.398. The Balaban J connectivity index is 1.58. The van der Waals surface area contributed by atoms with Crippen LogP contribution >= 0.6 is 11.3 Å². The first-order valence-corrected chi connectivity index (χ1v) is 9.98. The number of nitrogens with zero attached hydrogens (tertiary/aromatic N) is 6. The average molecular weight is 418 g/mol. The van der Waals surface area contributed by atoms with Crippen molar-refractivity contribution >= 4 is 21.4 Å². The summed E-state index contributed by atoms with van der Waals surface area (Å²) in [6.07, 6.45) is 6.92. The Morgan fingerprint density at radius 2 is 1.93 bits per heavy atom. The highest BCUT2D eigenvalue weighted by atomic mass is 32.1. The van der Waals surface area contributed by atoms with E-state index < -0.39 is 5.82 Å². The summed E-state index contributed by atoms with van der Waals surface area (Å²) in [4.78, 5) is 8.29. The molecule has 0 spiro atoms. The molecule has 0 radical (unpaired) electrons. The van der Waals surface area contributed by atoms with Gasteiger partial charge in [-0.2, -0.15) is 5.10 Å². The Morgan fingerprint density at radius 3 is 2.73 bits per heavy atom. The third-order valence-electron chi connectivity index (χ3n) is 4.54. The lowest BCUT2D eigenvalue weighted by Crippen LogP contribution is -2.02. The van der Waals surface area contributed by atoms with E-state index in [9.17, 15) is 4.39 Å². The van der Waals surface area contributed by atoms with E-state index in [1.807, 2.05) is 24.7 Å². The number of benzene rings is 1. The Bertz CT molecular complexity index is 1330. The van der Waals surface area contributed by atoms with Gasteiger partial charge in [-0.05, 0) is 29.6 Å². The molecule has 4 aromatic heterocycles. The van der Waals surface area contributed by atoms with Gasteiger partial charge in [-0.3, -0.25) is 4.68 Å². The summed E-state index contributed by atoms with van der Waals surface area (Å²) in [5, 5.41) is 16.1. The number of hydrogen-bond acceptors (Lipinski definition) is 7. The van der Waals surface area contributed by atoms with Gasteiger partial charge in [-0.1, -0.05) is 0 Å². The Morgan fingerprint density at radius 1 is 1.10 bits per heavy atom. The van der Waals surface area contributed by atoms with Gasteiger partial charge in [0.1, 0.15) is 29.6 Å². The van der Waals surface area contributed by atoms with Gasteiger partial charge in [0, 0.05) is 48.2 Å². The van der Waals surface area contributed by atoms with E-state index in [0.29, 0.717) is 22.8 Å². The number of rotatable bonds is 5. The van der Waals surface area contributed by atoms with Crippen LogP contribution in [0.1, 0.15) is 5.82 Å². The van der Waals surface area contributed by atoms with E-state index in [1.54, 1.807) is 46.7 Å². The predicted octanol–water partition coefficient (Wildman–Crippen LogP) is 4.27. The average Bonchev–Trinajstić information content (AvgIpc) is 3.42. The van der Waals surface area contributed by atoms with Crippen LogP contribution in [0.3, 0.4) is 0 Å². The first-order chi connectivity index (χ1) is 14.7. The van der Waals surface area contributed by atoms with Crippen molar-refractivity contribution in [1.82, 2.24) is 29.9 Å². The number of halogens is 1. The van der Waals surface area contributed by atoms with E-state index >= 15 is 0 Å². The molecule has 5 rings (SSSR count). The van der Waals surface area contributed by atoms with Crippen LogP contribution < -0.4 is 4.74 Å². The molecule has 9 heteroatoms. The highest BCUT2D eigenvalue weighted by molar-refractivity contribution is 7.17. The van der Waals surface area contributed by atoms with Crippen LogP contribution in [0.4, 0.5) is 4.39 Å². The fraction of sp³-hybridized carbons (Fsp3) is 0.0952. The zero-order valence-electron chi connectivity index (χ0n) is 15.9. The summed E-state index contributed by atoms with van der Waals surface area (Å²) in [7, 11) is 1.86. The topological polar surface area (TPSA) is 78.6 Å². The smallest absolute Gasteiger partial charge is 0.166 e. The molecule has 0 aliphatic rings. The normalized spacial score (nSPS) is 11.1. The molecule has 0 saturated heterocycles. The summed E-state index contributed by atoms with van der Waals surface area (Å²) in [5.74, 6) is 0.470. The number of hydrogen-bond donors (Lipinski definition) is 0. The zero-order valence-corrected chi connectivity index (χ0v) is 16.7. The van der Waals surface area contributed by atoms with Crippen LogP contribution in [0.5, 0.6) is 5.75 Å². The highest BCUT2D eigenvalue weighted by Gasteiger charge is 2.18. The maximum Gasteiger partial charge on any atom is 0.166 e. The number of ether oxygens (including phenoxy) is 1. The summed E-state index contributed by atoms with van der Waals surface area (Å²) in [6.45, 7) is 0.117. The number of fused-ring (bicyclic) bond motifs is 1. The van der Waals surface area contributed by atoms with E-state index in [-0.39, 0.29) is 6.61 Å². The highest BCUT2D eigenvalue weighted by Crippen LogP contribution is 2.39. The van der Waals surface area contributed by atoms with Crippen LogP contribution in [0, 0.1) is 5.82 Å². The SMILES string of the molecule is Cn1cc(-c2nnc(-c3ccc(F)cc3OCc3ncccn3)c3sccc23)cn1. The molecule has 0 N–H and O–H groups in total. The minimum Gasteiger partial charge on any atom is -0.485 e. The Labute approximate surface area is 174 Å². The van der Waals surface area contributed by atoms with Crippen molar-refractivity contribution in [1.29, 1.82) is 0 Å². The molecule has 0 unspecified atom stereocenters. The van der Waals surface area contributed by atoms with E-state index in [2.05, 4.69) is 25.3 Å². The molecular formula is C21H15FN6OS. The molecule has 7 nitrogen and oxygen atoms in total. The monoisotopic (exact) mass is 418 g/mol. The van der Waals surface area contributed by atoms with Gasteiger partial charge in [0.05, 0.1) is 10.9 Å². The van der Waals surface area contributed by atoms with Crippen LogP contribution in [0.25, 0.3) is 32.6 Å². The number of aryl methyl sites for hydroxylation is 1.